The molecule has 1 atom stereocenters. The second-order valence-corrected chi connectivity index (χ2v) is 7.67. The number of hydrogen-bond acceptors (Lipinski definition) is 4. The van der Waals surface area contributed by atoms with E-state index in [0.717, 1.165) is 18.7 Å². The Balaban J connectivity index is 0.00000161. The van der Waals surface area contributed by atoms with E-state index in [2.05, 4.69) is 10.6 Å². The van der Waals surface area contributed by atoms with Gasteiger partial charge in [-0.3, -0.25) is 4.79 Å². The molecule has 3 rings (SSSR count). The molecule has 5 nitrogen and oxygen atoms in total. The molecule has 2 aliphatic rings. The van der Waals surface area contributed by atoms with Crippen LogP contribution in [-0.4, -0.2) is 33.2 Å². The molecular formula is C14H19ClN2O3S. The van der Waals surface area contributed by atoms with Crippen LogP contribution in [0, 0.1) is 11.8 Å². The number of halogens is 1. The molecule has 0 aromatic heterocycles. The Kier molecular flexibility index (Phi) is 4.60. The molecule has 21 heavy (non-hydrogen) atoms. The molecule has 2 aliphatic heterocycles. The first kappa shape index (κ1) is 16.3. The smallest absolute Gasteiger partial charge is 0.227 e. The summed E-state index contributed by atoms with van der Waals surface area (Å²) in [4.78, 5) is 12.5. The molecule has 1 amide bonds. The Labute approximate surface area is 130 Å². The minimum atomic E-state index is -3.16. The lowest BCUT2D eigenvalue weighted by Crippen LogP contribution is -2.48. The number of carbonyl (C=O) groups is 1. The second-order valence-electron chi connectivity index (χ2n) is 5.59. The molecule has 0 aliphatic carbocycles. The van der Waals surface area contributed by atoms with Crippen LogP contribution in [0.3, 0.4) is 0 Å². The molecule has 116 valence electrons. The van der Waals surface area contributed by atoms with Crippen molar-refractivity contribution >= 4 is 33.8 Å². The molecule has 0 bridgehead atoms. The van der Waals surface area contributed by atoms with Gasteiger partial charge in [0.15, 0.2) is 9.84 Å². The summed E-state index contributed by atoms with van der Waals surface area (Å²) in [6.45, 7) is 3.64. The zero-order valence-electron chi connectivity index (χ0n) is 11.8. The van der Waals surface area contributed by atoms with Crippen molar-refractivity contribution < 1.29 is 13.2 Å². The first-order valence-electron chi connectivity index (χ1n) is 6.84. The van der Waals surface area contributed by atoms with Crippen molar-refractivity contribution in [3.63, 3.8) is 0 Å². The quantitative estimate of drug-likeness (QED) is 0.874. The van der Waals surface area contributed by atoms with Gasteiger partial charge in [-0.05, 0) is 43.1 Å². The summed E-state index contributed by atoms with van der Waals surface area (Å²) in [5, 5.41) is 5.97. The number of anilines is 1. The zero-order chi connectivity index (χ0) is 14.3. The molecule has 1 aromatic carbocycles. The molecule has 0 spiro atoms. The summed E-state index contributed by atoms with van der Waals surface area (Å²) in [5.41, 5.74) is 1.41. The molecule has 2 heterocycles. The van der Waals surface area contributed by atoms with Crippen molar-refractivity contribution in [3.8, 4) is 0 Å². The monoisotopic (exact) mass is 330 g/mol. The standard InChI is InChI=1S/C14H18N2O3S.ClH/c1-9(11-7-15-8-11)14(17)16-12-3-2-10-4-5-20(18,19)13(10)6-12;/h2-3,6,9,11,15H,4-5,7-8H2,1H3,(H,16,17);1H. The summed E-state index contributed by atoms with van der Waals surface area (Å²) in [6, 6.07) is 5.16. The van der Waals surface area contributed by atoms with Gasteiger partial charge in [-0.1, -0.05) is 13.0 Å². The lowest BCUT2D eigenvalue weighted by molar-refractivity contribution is -0.121. The number of amides is 1. The van der Waals surface area contributed by atoms with Crippen LogP contribution in [0.4, 0.5) is 5.69 Å². The van der Waals surface area contributed by atoms with Crippen molar-refractivity contribution in [2.24, 2.45) is 11.8 Å². The van der Waals surface area contributed by atoms with E-state index >= 15 is 0 Å². The van der Waals surface area contributed by atoms with Crippen molar-refractivity contribution in [3.05, 3.63) is 23.8 Å². The van der Waals surface area contributed by atoms with Gasteiger partial charge in [0.1, 0.15) is 0 Å². The summed E-state index contributed by atoms with van der Waals surface area (Å²) in [5.74, 6) is 0.422. The Bertz CT molecular complexity index is 656. The largest absolute Gasteiger partial charge is 0.326 e. The van der Waals surface area contributed by atoms with E-state index in [9.17, 15) is 13.2 Å². The van der Waals surface area contributed by atoms with Gasteiger partial charge in [0, 0.05) is 11.6 Å². The van der Waals surface area contributed by atoms with Crippen LogP contribution in [-0.2, 0) is 21.1 Å². The van der Waals surface area contributed by atoms with Crippen molar-refractivity contribution in [1.29, 1.82) is 0 Å². The summed E-state index contributed by atoms with van der Waals surface area (Å²) in [7, 11) is -3.16. The van der Waals surface area contributed by atoms with E-state index < -0.39 is 9.84 Å². The van der Waals surface area contributed by atoms with Gasteiger partial charge in [-0.2, -0.15) is 0 Å². The average Bonchev–Trinajstić information content (AvgIpc) is 2.63. The van der Waals surface area contributed by atoms with Gasteiger partial charge in [-0.15, -0.1) is 12.4 Å². The minimum absolute atomic E-state index is 0. The summed E-state index contributed by atoms with van der Waals surface area (Å²) < 4.78 is 23.7. The van der Waals surface area contributed by atoms with Crippen LogP contribution in [0.5, 0.6) is 0 Å². The number of benzene rings is 1. The number of rotatable bonds is 3. The lowest BCUT2D eigenvalue weighted by Gasteiger charge is -2.31. The Hall–Kier alpha value is -1.11. The van der Waals surface area contributed by atoms with Crippen LogP contribution in [0.2, 0.25) is 0 Å². The van der Waals surface area contributed by atoms with Crippen molar-refractivity contribution in [2.45, 2.75) is 18.2 Å². The molecule has 1 aromatic rings. The average molecular weight is 331 g/mol. The number of fused-ring (bicyclic) bond motifs is 1. The highest BCUT2D eigenvalue weighted by Crippen LogP contribution is 2.29. The summed E-state index contributed by atoms with van der Waals surface area (Å²) in [6.07, 6.45) is 0.566. The maximum absolute atomic E-state index is 12.1. The van der Waals surface area contributed by atoms with Gasteiger partial charge < -0.3 is 10.6 Å². The van der Waals surface area contributed by atoms with Gasteiger partial charge in [-0.25, -0.2) is 8.42 Å². The fourth-order valence-corrected chi connectivity index (χ4v) is 4.20. The maximum atomic E-state index is 12.1. The van der Waals surface area contributed by atoms with Crippen LogP contribution < -0.4 is 10.6 Å². The highest BCUT2D eigenvalue weighted by molar-refractivity contribution is 7.91. The van der Waals surface area contributed by atoms with Crippen LogP contribution in [0.25, 0.3) is 0 Å². The molecule has 0 radical (unpaired) electrons. The van der Waals surface area contributed by atoms with E-state index in [1.807, 2.05) is 6.92 Å². The van der Waals surface area contributed by atoms with Crippen molar-refractivity contribution in [2.75, 3.05) is 24.2 Å². The van der Waals surface area contributed by atoms with E-state index in [4.69, 9.17) is 0 Å². The fourth-order valence-electron chi connectivity index (χ4n) is 2.62. The van der Waals surface area contributed by atoms with Gasteiger partial charge >= 0.3 is 0 Å². The number of hydrogen-bond donors (Lipinski definition) is 2. The SMILES string of the molecule is CC(C(=O)Nc1ccc2c(c1)S(=O)(=O)CC2)C1CNC1.Cl. The third kappa shape index (κ3) is 3.07. The normalized spacial score (nSPS) is 20.8. The predicted molar refractivity (Wildman–Crippen MR) is 83.6 cm³/mol. The number of carbonyl (C=O) groups excluding carboxylic acids is 1. The van der Waals surface area contributed by atoms with Gasteiger partial charge in [0.05, 0.1) is 10.6 Å². The second kappa shape index (κ2) is 5.94. The summed E-state index contributed by atoms with van der Waals surface area (Å²) >= 11 is 0. The molecule has 7 heteroatoms. The van der Waals surface area contributed by atoms with Crippen molar-refractivity contribution in [1.82, 2.24) is 5.32 Å². The Morgan fingerprint density at radius 3 is 2.71 bits per heavy atom. The third-order valence-corrected chi connectivity index (χ3v) is 6.04. The minimum Gasteiger partial charge on any atom is -0.326 e. The number of nitrogens with one attached hydrogen (secondary N) is 2. The van der Waals surface area contributed by atoms with Crippen LogP contribution in [0.15, 0.2) is 23.1 Å². The zero-order valence-corrected chi connectivity index (χ0v) is 13.4. The molecule has 0 saturated carbocycles. The predicted octanol–water partition coefficient (Wildman–Crippen LogP) is 1.23. The maximum Gasteiger partial charge on any atom is 0.227 e. The lowest BCUT2D eigenvalue weighted by atomic mass is 9.88. The van der Waals surface area contributed by atoms with E-state index in [-0.39, 0.29) is 30.0 Å². The van der Waals surface area contributed by atoms with E-state index in [1.54, 1.807) is 18.2 Å². The van der Waals surface area contributed by atoms with Crippen LogP contribution >= 0.6 is 12.4 Å². The first-order valence-corrected chi connectivity index (χ1v) is 8.50. The molecule has 1 unspecified atom stereocenters. The fraction of sp³-hybridized carbons (Fsp3) is 0.500. The van der Waals surface area contributed by atoms with E-state index in [0.29, 0.717) is 22.9 Å². The Morgan fingerprint density at radius 2 is 2.10 bits per heavy atom. The van der Waals surface area contributed by atoms with E-state index in [1.165, 1.54) is 0 Å². The first-order chi connectivity index (χ1) is 9.47. The van der Waals surface area contributed by atoms with Gasteiger partial charge in [0.2, 0.25) is 5.91 Å². The highest BCUT2D eigenvalue weighted by atomic mass is 35.5. The number of sulfone groups is 1. The highest BCUT2D eigenvalue weighted by Gasteiger charge is 2.30. The topological polar surface area (TPSA) is 75.3 Å². The van der Waals surface area contributed by atoms with Gasteiger partial charge in [0.25, 0.3) is 0 Å². The molecule has 1 saturated heterocycles. The Morgan fingerprint density at radius 1 is 1.38 bits per heavy atom. The molecular weight excluding hydrogens is 312 g/mol. The molecule has 1 fully saturated rings. The van der Waals surface area contributed by atoms with Crippen LogP contribution in [0.1, 0.15) is 12.5 Å². The molecule has 2 N–H and O–H groups in total. The third-order valence-electron chi connectivity index (χ3n) is 4.24. The number of aryl methyl sites for hydroxylation is 1.